The molecular weight excluding hydrogens is 180 g/mol. The molecule has 0 unspecified atom stereocenters. The normalized spacial score (nSPS) is 42.2. The van der Waals surface area contributed by atoms with Gasteiger partial charge in [0.25, 0.3) is 0 Å². The lowest BCUT2D eigenvalue weighted by Gasteiger charge is -2.18. The Balaban J connectivity index is 2.60. The Morgan fingerprint density at radius 2 is 2.00 bits per heavy atom. The molecule has 0 aliphatic carbocycles. The maximum absolute atomic E-state index is 9.33. The molecule has 4 N–H and O–H groups in total. The van der Waals surface area contributed by atoms with Crippen molar-refractivity contribution < 1.29 is 29.9 Å². The van der Waals surface area contributed by atoms with Crippen LogP contribution in [0.15, 0.2) is 0 Å². The summed E-state index contributed by atoms with van der Waals surface area (Å²) in [6.45, 7) is -0.537. The topological polar surface area (TPSA) is 99.4 Å². The predicted octanol–water partition coefficient (Wildman–Crippen LogP) is -2.57. The SMILES string of the molecule is CO[C@H]1O[C@@H]([C@H](O)CO)[C@@H](O)[C@H]1O. The first-order valence-electron chi connectivity index (χ1n) is 3.95. The van der Waals surface area contributed by atoms with E-state index in [1.165, 1.54) is 7.11 Å². The lowest BCUT2D eigenvalue weighted by Crippen LogP contribution is -2.40. The molecule has 1 rings (SSSR count). The van der Waals surface area contributed by atoms with Crippen LogP contribution in [0.4, 0.5) is 0 Å². The van der Waals surface area contributed by atoms with Gasteiger partial charge < -0.3 is 29.9 Å². The zero-order valence-electron chi connectivity index (χ0n) is 7.20. The van der Waals surface area contributed by atoms with Crippen molar-refractivity contribution >= 4 is 0 Å². The van der Waals surface area contributed by atoms with E-state index in [-0.39, 0.29) is 0 Å². The smallest absolute Gasteiger partial charge is 0.186 e. The van der Waals surface area contributed by atoms with Crippen molar-refractivity contribution in [1.29, 1.82) is 0 Å². The van der Waals surface area contributed by atoms with Crippen LogP contribution in [-0.4, -0.2) is 64.8 Å². The predicted molar refractivity (Wildman–Crippen MR) is 40.8 cm³/mol. The molecule has 13 heavy (non-hydrogen) atoms. The van der Waals surface area contributed by atoms with E-state index in [9.17, 15) is 10.2 Å². The summed E-state index contributed by atoms with van der Waals surface area (Å²) in [5, 5.41) is 36.4. The van der Waals surface area contributed by atoms with E-state index in [1.807, 2.05) is 0 Å². The third-order valence-corrected chi connectivity index (χ3v) is 2.06. The molecule has 0 amide bonds. The number of aliphatic hydroxyl groups excluding tert-OH is 4. The second-order valence-electron chi connectivity index (χ2n) is 2.94. The molecule has 6 heteroatoms. The van der Waals surface area contributed by atoms with Gasteiger partial charge in [-0.05, 0) is 0 Å². The van der Waals surface area contributed by atoms with Crippen LogP contribution in [0.2, 0.25) is 0 Å². The first-order valence-corrected chi connectivity index (χ1v) is 3.95. The van der Waals surface area contributed by atoms with Crippen LogP contribution < -0.4 is 0 Å². The maximum Gasteiger partial charge on any atom is 0.186 e. The van der Waals surface area contributed by atoms with Crippen molar-refractivity contribution in [3.63, 3.8) is 0 Å². The zero-order valence-corrected chi connectivity index (χ0v) is 7.20. The van der Waals surface area contributed by atoms with Gasteiger partial charge in [0.1, 0.15) is 24.4 Å². The van der Waals surface area contributed by atoms with Gasteiger partial charge in [0, 0.05) is 7.11 Å². The van der Waals surface area contributed by atoms with Crippen molar-refractivity contribution in [3.8, 4) is 0 Å². The molecule has 1 heterocycles. The Hall–Kier alpha value is -0.240. The highest BCUT2D eigenvalue weighted by molar-refractivity contribution is 4.90. The van der Waals surface area contributed by atoms with Gasteiger partial charge in [-0.3, -0.25) is 0 Å². The average Bonchev–Trinajstić information content (AvgIpc) is 2.43. The number of ether oxygens (including phenoxy) is 2. The molecule has 1 aliphatic rings. The molecular formula is C7H14O6. The monoisotopic (exact) mass is 194 g/mol. The number of hydrogen-bond donors (Lipinski definition) is 4. The molecule has 0 bridgehead atoms. The Morgan fingerprint density at radius 3 is 2.38 bits per heavy atom. The third kappa shape index (κ3) is 1.98. The first-order chi connectivity index (χ1) is 6.11. The quantitative estimate of drug-likeness (QED) is 0.394. The molecule has 1 aliphatic heterocycles. The minimum atomic E-state index is -1.24. The van der Waals surface area contributed by atoms with Gasteiger partial charge in [0.05, 0.1) is 6.61 Å². The minimum Gasteiger partial charge on any atom is -0.394 e. The number of methoxy groups -OCH3 is 1. The maximum atomic E-state index is 9.33. The van der Waals surface area contributed by atoms with Gasteiger partial charge in [0.2, 0.25) is 0 Å². The second kappa shape index (κ2) is 4.32. The number of hydrogen-bond acceptors (Lipinski definition) is 6. The third-order valence-electron chi connectivity index (χ3n) is 2.06. The van der Waals surface area contributed by atoms with Crippen molar-refractivity contribution in [2.75, 3.05) is 13.7 Å². The van der Waals surface area contributed by atoms with Gasteiger partial charge in [0.15, 0.2) is 6.29 Å². The lowest BCUT2D eigenvalue weighted by atomic mass is 10.1. The Morgan fingerprint density at radius 1 is 1.38 bits per heavy atom. The molecule has 0 aromatic carbocycles. The molecule has 1 saturated heterocycles. The van der Waals surface area contributed by atoms with E-state index in [0.29, 0.717) is 0 Å². The summed E-state index contributed by atoms with van der Waals surface area (Å²) in [4.78, 5) is 0. The summed E-state index contributed by atoms with van der Waals surface area (Å²) >= 11 is 0. The van der Waals surface area contributed by atoms with E-state index in [2.05, 4.69) is 0 Å². The second-order valence-corrected chi connectivity index (χ2v) is 2.94. The van der Waals surface area contributed by atoms with Crippen LogP contribution in [0, 0.1) is 0 Å². The molecule has 78 valence electrons. The fourth-order valence-corrected chi connectivity index (χ4v) is 1.29. The van der Waals surface area contributed by atoms with Crippen LogP contribution in [0.3, 0.4) is 0 Å². The Kier molecular flexibility index (Phi) is 3.60. The largest absolute Gasteiger partial charge is 0.394 e. The fourth-order valence-electron chi connectivity index (χ4n) is 1.29. The van der Waals surface area contributed by atoms with E-state index in [4.69, 9.17) is 19.7 Å². The zero-order chi connectivity index (χ0) is 10.0. The molecule has 1 fully saturated rings. The van der Waals surface area contributed by atoms with Gasteiger partial charge in [-0.15, -0.1) is 0 Å². The molecule has 5 atom stereocenters. The van der Waals surface area contributed by atoms with Gasteiger partial charge >= 0.3 is 0 Å². The molecule has 0 saturated carbocycles. The van der Waals surface area contributed by atoms with Crippen molar-refractivity contribution in [3.05, 3.63) is 0 Å². The molecule has 0 aromatic heterocycles. The van der Waals surface area contributed by atoms with E-state index < -0.39 is 37.3 Å². The molecule has 6 nitrogen and oxygen atoms in total. The van der Waals surface area contributed by atoms with Crippen molar-refractivity contribution in [2.45, 2.75) is 30.7 Å². The first kappa shape index (κ1) is 10.8. The summed E-state index contributed by atoms with van der Waals surface area (Å²) in [6.07, 6.45) is -5.63. The summed E-state index contributed by atoms with van der Waals surface area (Å²) in [6, 6.07) is 0. The van der Waals surface area contributed by atoms with Crippen LogP contribution in [0.5, 0.6) is 0 Å². The summed E-state index contributed by atoms with van der Waals surface area (Å²) in [5.74, 6) is 0. The number of aliphatic hydroxyl groups is 4. The Bertz CT molecular complexity index is 163. The minimum absolute atomic E-state index is 0.537. The van der Waals surface area contributed by atoms with Gasteiger partial charge in [-0.25, -0.2) is 0 Å². The van der Waals surface area contributed by atoms with Crippen LogP contribution in [0.1, 0.15) is 0 Å². The van der Waals surface area contributed by atoms with E-state index >= 15 is 0 Å². The van der Waals surface area contributed by atoms with E-state index in [0.717, 1.165) is 0 Å². The van der Waals surface area contributed by atoms with Crippen LogP contribution in [-0.2, 0) is 9.47 Å². The van der Waals surface area contributed by atoms with Gasteiger partial charge in [-0.1, -0.05) is 0 Å². The Labute approximate surface area is 75.3 Å². The highest BCUT2D eigenvalue weighted by atomic mass is 16.7. The summed E-state index contributed by atoms with van der Waals surface area (Å²) in [5.41, 5.74) is 0. The number of rotatable bonds is 3. The molecule has 0 spiro atoms. The average molecular weight is 194 g/mol. The van der Waals surface area contributed by atoms with Crippen molar-refractivity contribution in [2.24, 2.45) is 0 Å². The fraction of sp³-hybridized carbons (Fsp3) is 1.00. The highest BCUT2D eigenvalue weighted by Gasteiger charge is 2.45. The van der Waals surface area contributed by atoms with Crippen molar-refractivity contribution in [1.82, 2.24) is 0 Å². The standard InChI is InChI=1S/C7H14O6/c1-12-7-5(11)4(10)6(13-7)3(9)2-8/h3-11H,2H2,1H3/t3-,4+,5-,6+,7+/m1/s1. The molecule has 0 aromatic rings. The highest BCUT2D eigenvalue weighted by Crippen LogP contribution is 2.23. The van der Waals surface area contributed by atoms with Crippen LogP contribution >= 0.6 is 0 Å². The lowest BCUT2D eigenvalue weighted by molar-refractivity contribution is -0.166. The summed E-state index contributed by atoms with van der Waals surface area (Å²) < 4.78 is 9.65. The summed E-state index contributed by atoms with van der Waals surface area (Å²) in [7, 11) is 1.31. The molecule has 0 radical (unpaired) electrons. The van der Waals surface area contributed by atoms with E-state index in [1.54, 1.807) is 0 Å². The van der Waals surface area contributed by atoms with Crippen LogP contribution in [0.25, 0.3) is 0 Å². The van der Waals surface area contributed by atoms with Gasteiger partial charge in [-0.2, -0.15) is 0 Å².